The molecular weight excluding hydrogens is 466 g/mol. The van der Waals surface area contributed by atoms with E-state index in [1.165, 1.54) is 44.8 Å². The van der Waals surface area contributed by atoms with Crippen LogP contribution in [0.5, 0.6) is 28.7 Å². The van der Waals surface area contributed by atoms with Crippen LogP contribution in [0.2, 0.25) is 0 Å². The van der Waals surface area contributed by atoms with Gasteiger partial charge < -0.3 is 29.0 Å². The minimum Gasteiger partial charge on any atom is -0.493 e. The van der Waals surface area contributed by atoms with E-state index in [1.54, 1.807) is 14.2 Å². The lowest BCUT2D eigenvalue weighted by Crippen LogP contribution is -2.34. The summed E-state index contributed by atoms with van der Waals surface area (Å²) in [6.07, 6.45) is 0. The van der Waals surface area contributed by atoms with Gasteiger partial charge in [-0.05, 0) is 42.5 Å². The summed E-state index contributed by atoms with van der Waals surface area (Å²) in [6, 6.07) is 8.60. The number of amides is 1. The van der Waals surface area contributed by atoms with Crippen LogP contribution in [0.15, 0.2) is 35.7 Å². The maximum atomic E-state index is 12.7. The number of nitrogens with one attached hydrogen (secondary N) is 2. The lowest BCUT2D eigenvalue weighted by Gasteiger charge is -2.14. The highest BCUT2D eigenvalue weighted by molar-refractivity contribution is 7.80. The number of anilines is 1. The molecule has 1 heterocycles. The standard InChI is InChI=1S/C22H23N3O6S2/c1-27-15-7-6-12(8-16(15)28-2)14-11-33-22(23-14)25-21(32)24-20(26)13-9-17(29-3)19(31-5)18(10-13)30-4/h6-11H,1-5H3,(H2,23,24,25,26,32). The molecule has 0 spiro atoms. The monoisotopic (exact) mass is 489 g/mol. The molecular formula is C22H23N3O6S2. The van der Waals surface area contributed by atoms with E-state index in [-0.39, 0.29) is 5.11 Å². The summed E-state index contributed by atoms with van der Waals surface area (Å²) >= 11 is 6.63. The molecule has 0 aliphatic heterocycles. The van der Waals surface area contributed by atoms with Crippen molar-refractivity contribution in [2.75, 3.05) is 40.9 Å². The fourth-order valence-electron chi connectivity index (χ4n) is 2.98. The lowest BCUT2D eigenvalue weighted by molar-refractivity contribution is 0.0977. The van der Waals surface area contributed by atoms with Gasteiger partial charge in [0, 0.05) is 16.5 Å². The molecule has 0 saturated carbocycles. The first kappa shape index (κ1) is 24.1. The molecule has 9 nitrogen and oxygen atoms in total. The van der Waals surface area contributed by atoms with Gasteiger partial charge in [-0.1, -0.05) is 0 Å². The normalized spacial score (nSPS) is 10.2. The second-order valence-corrected chi connectivity index (χ2v) is 7.70. The molecule has 0 bridgehead atoms. The van der Waals surface area contributed by atoms with Crippen LogP contribution in [-0.2, 0) is 0 Å². The number of methoxy groups -OCH3 is 5. The molecule has 1 aromatic heterocycles. The number of rotatable bonds is 8. The van der Waals surface area contributed by atoms with Gasteiger partial charge in [0.1, 0.15) is 0 Å². The molecule has 2 aromatic carbocycles. The first-order valence-corrected chi connectivity index (χ1v) is 10.8. The Bertz CT molecular complexity index is 1140. The molecule has 0 saturated heterocycles. The summed E-state index contributed by atoms with van der Waals surface area (Å²) in [5, 5.41) is 8.04. The first-order chi connectivity index (χ1) is 15.9. The van der Waals surface area contributed by atoms with Crippen LogP contribution in [-0.4, -0.2) is 51.6 Å². The Morgan fingerprint density at radius 2 is 1.52 bits per heavy atom. The predicted molar refractivity (Wildman–Crippen MR) is 130 cm³/mol. The van der Waals surface area contributed by atoms with Crippen molar-refractivity contribution in [2.45, 2.75) is 0 Å². The number of hydrogen-bond donors (Lipinski definition) is 2. The Hall–Kier alpha value is -3.57. The highest BCUT2D eigenvalue weighted by Crippen LogP contribution is 2.38. The number of thiocarbonyl (C=S) groups is 1. The number of carbonyl (C=O) groups is 1. The number of thiazole rings is 1. The van der Waals surface area contributed by atoms with Crippen molar-refractivity contribution in [3.63, 3.8) is 0 Å². The molecule has 11 heteroatoms. The van der Waals surface area contributed by atoms with E-state index in [0.29, 0.717) is 39.4 Å². The highest BCUT2D eigenvalue weighted by Gasteiger charge is 2.18. The van der Waals surface area contributed by atoms with Crippen molar-refractivity contribution in [3.8, 4) is 40.0 Å². The molecule has 0 aliphatic rings. The molecule has 0 aliphatic carbocycles. The molecule has 0 atom stereocenters. The minimum absolute atomic E-state index is 0.0990. The maximum absolute atomic E-state index is 12.7. The lowest BCUT2D eigenvalue weighted by atomic mass is 10.1. The Labute approximate surface area is 200 Å². The van der Waals surface area contributed by atoms with E-state index in [9.17, 15) is 4.79 Å². The topological polar surface area (TPSA) is 100 Å². The van der Waals surface area contributed by atoms with E-state index in [2.05, 4.69) is 15.6 Å². The number of hydrogen-bond acceptors (Lipinski definition) is 9. The molecule has 0 radical (unpaired) electrons. The second-order valence-electron chi connectivity index (χ2n) is 6.43. The average Bonchev–Trinajstić information content (AvgIpc) is 3.30. The predicted octanol–water partition coefficient (Wildman–Crippen LogP) is 3.98. The zero-order chi connectivity index (χ0) is 24.0. The van der Waals surface area contributed by atoms with E-state index in [4.69, 9.17) is 35.9 Å². The zero-order valence-electron chi connectivity index (χ0n) is 18.7. The third kappa shape index (κ3) is 5.44. The molecule has 1 amide bonds. The summed E-state index contributed by atoms with van der Waals surface area (Å²) < 4.78 is 26.5. The van der Waals surface area contributed by atoms with Crippen molar-refractivity contribution in [2.24, 2.45) is 0 Å². The Balaban J connectivity index is 1.71. The second kappa shape index (κ2) is 10.8. The van der Waals surface area contributed by atoms with Gasteiger partial charge in [-0.2, -0.15) is 0 Å². The van der Waals surface area contributed by atoms with Crippen LogP contribution in [0.4, 0.5) is 5.13 Å². The van der Waals surface area contributed by atoms with E-state index < -0.39 is 5.91 Å². The number of benzene rings is 2. The van der Waals surface area contributed by atoms with Crippen molar-refractivity contribution >= 4 is 39.7 Å². The molecule has 0 unspecified atom stereocenters. The quantitative estimate of drug-likeness (QED) is 0.455. The summed E-state index contributed by atoms with van der Waals surface area (Å²) in [4.78, 5) is 17.2. The van der Waals surface area contributed by atoms with Crippen LogP contribution < -0.4 is 34.3 Å². The van der Waals surface area contributed by atoms with Gasteiger partial charge in [0.25, 0.3) is 5.91 Å². The number of carbonyl (C=O) groups excluding carboxylic acids is 1. The van der Waals surface area contributed by atoms with Gasteiger partial charge in [-0.15, -0.1) is 11.3 Å². The minimum atomic E-state index is -0.441. The van der Waals surface area contributed by atoms with Crippen LogP contribution in [0.3, 0.4) is 0 Å². The third-order valence-corrected chi connectivity index (χ3v) is 5.52. The van der Waals surface area contributed by atoms with Gasteiger partial charge in [0.05, 0.1) is 41.2 Å². The molecule has 2 N–H and O–H groups in total. The van der Waals surface area contributed by atoms with Gasteiger partial charge in [0.15, 0.2) is 33.2 Å². The van der Waals surface area contributed by atoms with Crippen LogP contribution >= 0.6 is 23.6 Å². The van der Waals surface area contributed by atoms with E-state index in [0.717, 1.165) is 11.3 Å². The van der Waals surface area contributed by atoms with Gasteiger partial charge in [-0.3, -0.25) is 10.1 Å². The van der Waals surface area contributed by atoms with E-state index >= 15 is 0 Å². The van der Waals surface area contributed by atoms with E-state index in [1.807, 2.05) is 23.6 Å². The number of aromatic nitrogens is 1. The number of ether oxygens (including phenoxy) is 5. The van der Waals surface area contributed by atoms with Crippen molar-refractivity contribution < 1.29 is 28.5 Å². The van der Waals surface area contributed by atoms with Gasteiger partial charge >= 0.3 is 0 Å². The van der Waals surface area contributed by atoms with Crippen LogP contribution in [0, 0.1) is 0 Å². The summed E-state index contributed by atoms with van der Waals surface area (Å²) in [7, 11) is 7.59. The van der Waals surface area contributed by atoms with Crippen molar-refractivity contribution in [1.82, 2.24) is 10.3 Å². The van der Waals surface area contributed by atoms with Crippen LogP contribution in [0.25, 0.3) is 11.3 Å². The fourth-order valence-corrected chi connectivity index (χ4v) is 3.95. The summed E-state index contributed by atoms with van der Waals surface area (Å²) in [5.41, 5.74) is 1.87. The maximum Gasteiger partial charge on any atom is 0.257 e. The number of nitrogens with zero attached hydrogens (tertiary/aromatic N) is 1. The van der Waals surface area contributed by atoms with Crippen molar-refractivity contribution in [3.05, 3.63) is 41.3 Å². The molecule has 174 valence electrons. The molecule has 3 rings (SSSR count). The van der Waals surface area contributed by atoms with Crippen LogP contribution in [0.1, 0.15) is 10.4 Å². The van der Waals surface area contributed by atoms with Gasteiger partial charge in [0.2, 0.25) is 5.75 Å². The summed E-state index contributed by atoms with van der Waals surface area (Å²) in [6.45, 7) is 0. The summed E-state index contributed by atoms with van der Waals surface area (Å²) in [5.74, 6) is 1.91. The zero-order valence-corrected chi connectivity index (χ0v) is 20.3. The largest absolute Gasteiger partial charge is 0.493 e. The highest BCUT2D eigenvalue weighted by atomic mass is 32.1. The van der Waals surface area contributed by atoms with Crippen molar-refractivity contribution in [1.29, 1.82) is 0 Å². The Morgan fingerprint density at radius 3 is 2.09 bits per heavy atom. The third-order valence-electron chi connectivity index (χ3n) is 4.56. The molecule has 33 heavy (non-hydrogen) atoms. The molecule has 3 aromatic rings. The van der Waals surface area contributed by atoms with Gasteiger partial charge in [-0.25, -0.2) is 4.98 Å². The molecule has 0 fully saturated rings. The average molecular weight is 490 g/mol. The Morgan fingerprint density at radius 1 is 0.879 bits per heavy atom. The Kier molecular flexibility index (Phi) is 7.91. The smallest absolute Gasteiger partial charge is 0.257 e. The fraction of sp³-hybridized carbons (Fsp3) is 0.227. The first-order valence-electron chi connectivity index (χ1n) is 9.54. The SMILES string of the molecule is COc1ccc(-c2csc(NC(=S)NC(=O)c3cc(OC)c(OC)c(OC)c3)n2)cc1OC.